The van der Waals surface area contributed by atoms with Crippen LogP contribution in [0.2, 0.25) is 5.02 Å². The Bertz CT molecular complexity index is 580. The van der Waals surface area contributed by atoms with Crippen LogP contribution >= 0.6 is 27.5 Å². The second-order valence-corrected chi connectivity index (χ2v) is 5.46. The fraction of sp³-hybridized carbons (Fsp3) is 0.308. The highest BCUT2D eigenvalue weighted by Gasteiger charge is 2.08. The number of aliphatic hydroxyl groups is 1. The molecular formula is C13H14BrClN2O2. The summed E-state index contributed by atoms with van der Waals surface area (Å²) >= 11 is 9.57. The Morgan fingerprint density at radius 2 is 2.32 bits per heavy atom. The molecule has 0 spiro atoms. The number of halogens is 2. The molecule has 0 bridgehead atoms. The maximum atomic E-state index is 9.65. The molecule has 1 unspecified atom stereocenters. The standard InChI is InChI=1S/C13H14BrClN2O2/c1-19-7-9(18)6-17-12-2-3-16-13-10(12)4-8(14)5-11(13)15/h2-5,9,18H,6-7H2,1H3,(H,16,17). The van der Waals surface area contributed by atoms with E-state index < -0.39 is 6.10 Å². The summed E-state index contributed by atoms with van der Waals surface area (Å²) in [5, 5.41) is 14.3. The molecule has 1 aromatic heterocycles. The van der Waals surface area contributed by atoms with E-state index in [1.807, 2.05) is 12.1 Å². The van der Waals surface area contributed by atoms with E-state index in [2.05, 4.69) is 26.2 Å². The van der Waals surface area contributed by atoms with Gasteiger partial charge in [0, 0.05) is 35.4 Å². The van der Waals surface area contributed by atoms with Gasteiger partial charge in [-0.3, -0.25) is 4.98 Å². The summed E-state index contributed by atoms with van der Waals surface area (Å²) in [6.07, 6.45) is 1.13. The second kappa shape index (κ2) is 6.52. The summed E-state index contributed by atoms with van der Waals surface area (Å²) in [5.41, 5.74) is 1.61. The zero-order chi connectivity index (χ0) is 13.8. The van der Waals surface area contributed by atoms with Crippen LogP contribution in [0.4, 0.5) is 5.69 Å². The normalized spacial score (nSPS) is 12.6. The van der Waals surface area contributed by atoms with Gasteiger partial charge in [-0.1, -0.05) is 27.5 Å². The van der Waals surface area contributed by atoms with Gasteiger partial charge in [0.2, 0.25) is 0 Å². The molecule has 1 aromatic carbocycles. The molecule has 2 aromatic rings. The Labute approximate surface area is 124 Å². The topological polar surface area (TPSA) is 54.4 Å². The van der Waals surface area contributed by atoms with Crippen molar-refractivity contribution in [2.75, 3.05) is 25.6 Å². The number of hydrogen-bond donors (Lipinski definition) is 2. The van der Waals surface area contributed by atoms with Gasteiger partial charge in [-0.05, 0) is 18.2 Å². The molecule has 0 radical (unpaired) electrons. The molecule has 0 saturated carbocycles. The van der Waals surface area contributed by atoms with Crippen molar-refractivity contribution in [3.63, 3.8) is 0 Å². The van der Waals surface area contributed by atoms with Crippen LogP contribution in [0.3, 0.4) is 0 Å². The van der Waals surface area contributed by atoms with Crippen LogP contribution in [-0.2, 0) is 4.74 Å². The Morgan fingerprint density at radius 3 is 3.05 bits per heavy atom. The predicted octanol–water partition coefficient (Wildman–Crippen LogP) is 3.07. The van der Waals surface area contributed by atoms with Crippen LogP contribution < -0.4 is 5.32 Å². The maximum Gasteiger partial charge on any atom is 0.0945 e. The lowest BCUT2D eigenvalue weighted by molar-refractivity contribution is 0.0728. The van der Waals surface area contributed by atoms with Crippen molar-refractivity contribution in [1.29, 1.82) is 0 Å². The first-order chi connectivity index (χ1) is 9.11. The quantitative estimate of drug-likeness (QED) is 0.874. The summed E-state index contributed by atoms with van der Waals surface area (Å²) in [4.78, 5) is 4.27. The molecule has 0 fully saturated rings. The van der Waals surface area contributed by atoms with E-state index in [0.717, 1.165) is 21.1 Å². The molecule has 2 N–H and O–H groups in total. The number of pyridine rings is 1. The molecule has 2 rings (SSSR count). The van der Waals surface area contributed by atoms with Crippen LogP contribution in [0.5, 0.6) is 0 Å². The number of rotatable bonds is 5. The smallest absolute Gasteiger partial charge is 0.0945 e. The predicted molar refractivity (Wildman–Crippen MR) is 80.8 cm³/mol. The molecule has 19 heavy (non-hydrogen) atoms. The number of hydrogen-bond acceptors (Lipinski definition) is 4. The van der Waals surface area contributed by atoms with Gasteiger partial charge in [0.15, 0.2) is 0 Å². The average Bonchev–Trinajstić information content (AvgIpc) is 2.36. The van der Waals surface area contributed by atoms with Crippen LogP contribution in [0, 0.1) is 0 Å². The number of nitrogens with one attached hydrogen (secondary N) is 1. The van der Waals surface area contributed by atoms with Gasteiger partial charge in [-0.25, -0.2) is 0 Å². The fourth-order valence-corrected chi connectivity index (χ4v) is 2.67. The average molecular weight is 346 g/mol. The van der Waals surface area contributed by atoms with Crippen molar-refractivity contribution in [3.8, 4) is 0 Å². The lowest BCUT2D eigenvalue weighted by atomic mass is 10.2. The monoisotopic (exact) mass is 344 g/mol. The Balaban J connectivity index is 2.28. The van der Waals surface area contributed by atoms with Crippen molar-refractivity contribution in [2.24, 2.45) is 0 Å². The maximum absolute atomic E-state index is 9.65. The van der Waals surface area contributed by atoms with E-state index in [4.69, 9.17) is 16.3 Å². The number of ether oxygens (including phenoxy) is 1. The Hall–Kier alpha value is -0.880. The first-order valence-electron chi connectivity index (χ1n) is 5.76. The van der Waals surface area contributed by atoms with Crippen molar-refractivity contribution >= 4 is 44.1 Å². The second-order valence-electron chi connectivity index (χ2n) is 4.13. The van der Waals surface area contributed by atoms with Gasteiger partial charge in [0.25, 0.3) is 0 Å². The van der Waals surface area contributed by atoms with E-state index in [1.54, 1.807) is 19.4 Å². The minimum atomic E-state index is -0.559. The van der Waals surface area contributed by atoms with E-state index >= 15 is 0 Å². The van der Waals surface area contributed by atoms with Gasteiger partial charge in [-0.15, -0.1) is 0 Å². The molecule has 0 aliphatic rings. The van der Waals surface area contributed by atoms with Crippen LogP contribution in [0.25, 0.3) is 10.9 Å². The Kier molecular flexibility index (Phi) is 4.99. The molecule has 102 valence electrons. The molecule has 1 heterocycles. The van der Waals surface area contributed by atoms with E-state index in [1.165, 1.54) is 0 Å². The summed E-state index contributed by atoms with van der Waals surface area (Å²) in [6, 6.07) is 5.60. The zero-order valence-electron chi connectivity index (χ0n) is 10.4. The molecule has 0 aliphatic heterocycles. The van der Waals surface area contributed by atoms with Crippen molar-refractivity contribution in [1.82, 2.24) is 4.98 Å². The van der Waals surface area contributed by atoms with E-state index in [0.29, 0.717) is 18.2 Å². The van der Waals surface area contributed by atoms with Crippen molar-refractivity contribution in [2.45, 2.75) is 6.10 Å². The number of aromatic nitrogens is 1. The molecule has 1 atom stereocenters. The highest BCUT2D eigenvalue weighted by atomic mass is 79.9. The fourth-order valence-electron chi connectivity index (χ4n) is 1.81. The lowest BCUT2D eigenvalue weighted by Crippen LogP contribution is -2.24. The third kappa shape index (κ3) is 3.57. The SMILES string of the molecule is COCC(O)CNc1ccnc2c(Cl)cc(Br)cc12. The number of methoxy groups -OCH3 is 1. The zero-order valence-corrected chi connectivity index (χ0v) is 12.7. The van der Waals surface area contributed by atoms with Gasteiger partial charge in [-0.2, -0.15) is 0 Å². The minimum absolute atomic E-state index is 0.292. The van der Waals surface area contributed by atoms with E-state index in [9.17, 15) is 5.11 Å². The highest BCUT2D eigenvalue weighted by Crippen LogP contribution is 2.30. The summed E-state index contributed by atoms with van der Waals surface area (Å²) in [5.74, 6) is 0. The molecular weight excluding hydrogens is 332 g/mol. The van der Waals surface area contributed by atoms with Gasteiger partial charge in [0.05, 0.1) is 23.3 Å². The molecule has 0 amide bonds. The third-order valence-corrected chi connectivity index (χ3v) is 3.40. The Morgan fingerprint density at radius 1 is 1.53 bits per heavy atom. The number of fused-ring (bicyclic) bond motifs is 1. The minimum Gasteiger partial charge on any atom is -0.389 e. The summed E-state index contributed by atoms with van der Waals surface area (Å²) in [7, 11) is 1.56. The van der Waals surface area contributed by atoms with Crippen LogP contribution in [0.1, 0.15) is 0 Å². The van der Waals surface area contributed by atoms with Crippen molar-refractivity contribution in [3.05, 3.63) is 33.9 Å². The van der Waals surface area contributed by atoms with Crippen LogP contribution in [-0.4, -0.2) is 36.5 Å². The van der Waals surface area contributed by atoms with Gasteiger partial charge < -0.3 is 15.2 Å². The third-order valence-electron chi connectivity index (χ3n) is 2.65. The molecule has 0 saturated heterocycles. The highest BCUT2D eigenvalue weighted by molar-refractivity contribution is 9.10. The summed E-state index contributed by atoms with van der Waals surface area (Å²) < 4.78 is 5.77. The molecule has 4 nitrogen and oxygen atoms in total. The lowest BCUT2D eigenvalue weighted by Gasteiger charge is -2.14. The molecule has 6 heteroatoms. The van der Waals surface area contributed by atoms with Crippen molar-refractivity contribution < 1.29 is 9.84 Å². The van der Waals surface area contributed by atoms with E-state index in [-0.39, 0.29) is 0 Å². The number of aliphatic hydroxyl groups excluding tert-OH is 1. The summed E-state index contributed by atoms with van der Waals surface area (Å²) in [6.45, 7) is 0.692. The first-order valence-corrected chi connectivity index (χ1v) is 6.93. The van der Waals surface area contributed by atoms with Crippen LogP contribution in [0.15, 0.2) is 28.9 Å². The van der Waals surface area contributed by atoms with Gasteiger partial charge in [0.1, 0.15) is 0 Å². The largest absolute Gasteiger partial charge is 0.389 e. The molecule has 0 aliphatic carbocycles. The number of benzene rings is 1. The number of nitrogens with zero attached hydrogens (tertiary/aromatic N) is 1. The first kappa shape index (κ1) is 14.5. The number of anilines is 1. The van der Waals surface area contributed by atoms with Gasteiger partial charge >= 0.3 is 0 Å².